The summed E-state index contributed by atoms with van der Waals surface area (Å²) in [5.74, 6) is -0.990. The number of piperidine rings is 1. The van der Waals surface area contributed by atoms with E-state index in [0.29, 0.717) is 37.1 Å². The minimum absolute atomic E-state index is 0.0591. The number of hydrogen-bond donors (Lipinski definition) is 1. The van der Waals surface area contributed by atoms with Gasteiger partial charge in [0, 0.05) is 30.7 Å². The Morgan fingerprint density at radius 3 is 2.33 bits per heavy atom. The van der Waals surface area contributed by atoms with Gasteiger partial charge >= 0.3 is 6.09 Å². The van der Waals surface area contributed by atoms with Crippen LogP contribution in [0.15, 0.2) is 18.2 Å². The Bertz CT molecular complexity index is 797. The second-order valence-electron chi connectivity index (χ2n) is 7.04. The fourth-order valence-electron chi connectivity index (χ4n) is 3.47. The van der Waals surface area contributed by atoms with Gasteiger partial charge in [0.2, 0.25) is 0 Å². The second-order valence-corrected chi connectivity index (χ2v) is 7.04. The number of imide groups is 1. The van der Waals surface area contributed by atoms with Gasteiger partial charge in [0.05, 0.1) is 18.2 Å². The number of methoxy groups -OCH3 is 1. The molecule has 1 N–H and O–H groups in total. The van der Waals surface area contributed by atoms with Gasteiger partial charge in [-0.3, -0.25) is 19.3 Å². The predicted molar refractivity (Wildman–Crippen MR) is 96.5 cm³/mol. The third-order valence-corrected chi connectivity index (χ3v) is 4.96. The molecule has 1 saturated heterocycles. The molecule has 2 aliphatic heterocycles. The highest BCUT2D eigenvalue weighted by molar-refractivity contribution is 6.22. The van der Waals surface area contributed by atoms with Crippen LogP contribution < -0.4 is 5.32 Å². The van der Waals surface area contributed by atoms with Crippen LogP contribution in [-0.2, 0) is 4.74 Å². The summed E-state index contributed by atoms with van der Waals surface area (Å²) in [5.41, 5.74) is 0.939. The Hall–Kier alpha value is -2.90. The quantitative estimate of drug-likeness (QED) is 0.813. The van der Waals surface area contributed by atoms with Crippen LogP contribution in [0.5, 0.6) is 0 Å². The lowest BCUT2D eigenvalue weighted by Gasteiger charge is -2.31. The van der Waals surface area contributed by atoms with E-state index in [9.17, 15) is 19.2 Å². The van der Waals surface area contributed by atoms with Crippen molar-refractivity contribution in [2.75, 3.05) is 20.2 Å². The third kappa shape index (κ3) is 3.51. The molecule has 8 heteroatoms. The van der Waals surface area contributed by atoms with E-state index >= 15 is 0 Å². The maximum Gasteiger partial charge on any atom is 0.409 e. The first-order valence-electron chi connectivity index (χ1n) is 8.99. The van der Waals surface area contributed by atoms with Gasteiger partial charge in [0.15, 0.2) is 0 Å². The topological polar surface area (TPSA) is 96.0 Å². The molecular weight excluding hydrogens is 350 g/mol. The van der Waals surface area contributed by atoms with E-state index in [-0.39, 0.29) is 41.5 Å². The van der Waals surface area contributed by atoms with Gasteiger partial charge in [-0.05, 0) is 44.9 Å². The van der Waals surface area contributed by atoms with E-state index in [0.717, 1.165) is 0 Å². The van der Waals surface area contributed by atoms with Crippen LogP contribution in [0.1, 0.15) is 57.8 Å². The van der Waals surface area contributed by atoms with Gasteiger partial charge in [-0.2, -0.15) is 0 Å². The molecule has 0 aromatic heterocycles. The zero-order chi connectivity index (χ0) is 19.7. The number of hydrogen-bond acceptors (Lipinski definition) is 5. The molecule has 2 heterocycles. The summed E-state index contributed by atoms with van der Waals surface area (Å²) < 4.78 is 4.70. The molecule has 0 saturated carbocycles. The van der Waals surface area contributed by atoms with Crippen LogP contribution in [-0.4, -0.2) is 65.9 Å². The van der Waals surface area contributed by atoms with Crippen molar-refractivity contribution in [2.45, 2.75) is 38.8 Å². The average Bonchev–Trinajstić information content (AvgIpc) is 2.91. The molecule has 0 atom stereocenters. The minimum atomic E-state index is -0.369. The van der Waals surface area contributed by atoms with Crippen molar-refractivity contribution in [2.24, 2.45) is 0 Å². The number of nitrogens with one attached hydrogen (secondary N) is 1. The molecule has 0 unspecified atom stereocenters. The molecule has 1 fully saturated rings. The highest BCUT2D eigenvalue weighted by Crippen LogP contribution is 2.26. The molecular formula is C19H23N3O5. The van der Waals surface area contributed by atoms with Crippen LogP contribution in [0.2, 0.25) is 0 Å². The van der Waals surface area contributed by atoms with Gasteiger partial charge < -0.3 is 15.0 Å². The highest BCUT2D eigenvalue weighted by Gasteiger charge is 2.37. The minimum Gasteiger partial charge on any atom is -0.453 e. The number of amides is 4. The van der Waals surface area contributed by atoms with Crippen molar-refractivity contribution in [1.82, 2.24) is 15.1 Å². The molecule has 3 rings (SSSR count). The number of ether oxygens (including phenoxy) is 1. The standard InChI is InChI=1S/C19H23N3O5/c1-11(2)22-17(24)14-5-4-12(10-15(14)18(22)25)16(23)20-13-6-8-21(9-7-13)19(26)27-3/h4-5,10-11,13H,6-9H2,1-3H3,(H,20,23). The van der Waals surface area contributed by atoms with Gasteiger partial charge in [0.25, 0.3) is 17.7 Å². The molecule has 4 amide bonds. The molecule has 1 aromatic rings. The van der Waals surface area contributed by atoms with E-state index < -0.39 is 0 Å². The average molecular weight is 373 g/mol. The van der Waals surface area contributed by atoms with Crippen LogP contribution in [0.4, 0.5) is 4.79 Å². The fraction of sp³-hybridized carbons (Fsp3) is 0.474. The normalized spacial score (nSPS) is 17.3. The fourth-order valence-corrected chi connectivity index (χ4v) is 3.47. The summed E-state index contributed by atoms with van der Waals surface area (Å²) >= 11 is 0. The van der Waals surface area contributed by atoms with E-state index in [1.54, 1.807) is 24.8 Å². The lowest BCUT2D eigenvalue weighted by atomic mass is 10.0. The van der Waals surface area contributed by atoms with Crippen molar-refractivity contribution in [3.05, 3.63) is 34.9 Å². The first-order chi connectivity index (χ1) is 12.8. The monoisotopic (exact) mass is 373 g/mol. The number of fused-ring (bicyclic) bond motifs is 1. The molecule has 8 nitrogen and oxygen atoms in total. The lowest BCUT2D eigenvalue weighted by molar-refractivity contribution is 0.0608. The van der Waals surface area contributed by atoms with E-state index in [2.05, 4.69) is 5.32 Å². The third-order valence-electron chi connectivity index (χ3n) is 4.96. The van der Waals surface area contributed by atoms with Crippen molar-refractivity contribution in [3.8, 4) is 0 Å². The van der Waals surface area contributed by atoms with Gasteiger partial charge in [-0.1, -0.05) is 0 Å². The largest absolute Gasteiger partial charge is 0.453 e. The van der Waals surface area contributed by atoms with Crippen molar-refractivity contribution in [1.29, 1.82) is 0 Å². The Morgan fingerprint density at radius 2 is 1.74 bits per heavy atom. The molecule has 0 radical (unpaired) electrons. The number of nitrogens with zero attached hydrogens (tertiary/aromatic N) is 2. The van der Waals surface area contributed by atoms with Crippen molar-refractivity contribution in [3.63, 3.8) is 0 Å². The Kier molecular flexibility index (Phi) is 5.16. The first kappa shape index (κ1) is 18.9. The Morgan fingerprint density at radius 1 is 1.11 bits per heavy atom. The Balaban J connectivity index is 1.67. The first-order valence-corrected chi connectivity index (χ1v) is 8.99. The summed E-state index contributed by atoms with van der Waals surface area (Å²) in [4.78, 5) is 51.7. The van der Waals surface area contributed by atoms with Crippen LogP contribution in [0, 0.1) is 0 Å². The SMILES string of the molecule is COC(=O)N1CCC(NC(=O)c2ccc3c(c2)C(=O)N(C(C)C)C3=O)CC1. The molecule has 1 aromatic carbocycles. The summed E-state index contributed by atoms with van der Waals surface area (Å²) in [7, 11) is 1.34. The van der Waals surface area contributed by atoms with Crippen molar-refractivity contribution >= 4 is 23.8 Å². The molecule has 0 bridgehead atoms. The second kappa shape index (κ2) is 7.38. The van der Waals surface area contributed by atoms with E-state index in [4.69, 9.17) is 4.74 Å². The zero-order valence-electron chi connectivity index (χ0n) is 15.7. The molecule has 144 valence electrons. The zero-order valence-corrected chi connectivity index (χ0v) is 15.7. The van der Waals surface area contributed by atoms with Gasteiger partial charge in [-0.15, -0.1) is 0 Å². The van der Waals surface area contributed by atoms with Gasteiger partial charge in [0.1, 0.15) is 0 Å². The summed E-state index contributed by atoms with van der Waals surface area (Å²) in [6, 6.07) is 4.28. The number of carbonyl (C=O) groups excluding carboxylic acids is 4. The van der Waals surface area contributed by atoms with Crippen molar-refractivity contribution < 1.29 is 23.9 Å². The van der Waals surface area contributed by atoms with Crippen LogP contribution >= 0.6 is 0 Å². The number of likely N-dealkylation sites (tertiary alicyclic amines) is 1. The number of carbonyl (C=O) groups is 4. The van der Waals surface area contributed by atoms with E-state index in [1.165, 1.54) is 24.1 Å². The van der Waals surface area contributed by atoms with E-state index in [1.807, 2.05) is 0 Å². The summed E-state index contributed by atoms with van der Waals surface area (Å²) in [6.07, 6.45) is 0.894. The smallest absolute Gasteiger partial charge is 0.409 e. The lowest BCUT2D eigenvalue weighted by Crippen LogP contribution is -2.46. The summed E-state index contributed by atoms with van der Waals surface area (Å²) in [5, 5.41) is 2.94. The Labute approximate surface area is 157 Å². The maximum atomic E-state index is 12.6. The summed E-state index contributed by atoms with van der Waals surface area (Å²) in [6.45, 7) is 4.57. The van der Waals surface area contributed by atoms with Crippen LogP contribution in [0.25, 0.3) is 0 Å². The van der Waals surface area contributed by atoms with Gasteiger partial charge in [-0.25, -0.2) is 4.79 Å². The predicted octanol–water partition coefficient (Wildman–Crippen LogP) is 1.65. The molecule has 2 aliphatic rings. The number of rotatable bonds is 3. The molecule has 27 heavy (non-hydrogen) atoms. The maximum absolute atomic E-state index is 12.6. The highest BCUT2D eigenvalue weighted by atomic mass is 16.5. The van der Waals surface area contributed by atoms with Crippen LogP contribution in [0.3, 0.4) is 0 Å². The number of benzene rings is 1. The molecule has 0 spiro atoms. The molecule has 0 aliphatic carbocycles.